The molecule has 0 radical (unpaired) electrons. The van der Waals surface area contributed by atoms with Crippen LogP contribution in [0.4, 0.5) is 27.6 Å². The third kappa shape index (κ3) is 3.53. The summed E-state index contributed by atoms with van der Waals surface area (Å²) in [6, 6.07) is 4.86. The summed E-state index contributed by atoms with van der Waals surface area (Å²) in [4.78, 5) is -0.482. The lowest BCUT2D eigenvalue weighted by atomic mass is 10.2. The van der Waals surface area contributed by atoms with E-state index in [1.54, 1.807) is 0 Å². The molecular formula is C13H8F5NO2S. The van der Waals surface area contributed by atoms with Gasteiger partial charge < -0.3 is 0 Å². The minimum atomic E-state index is -4.60. The second kappa shape index (κ2) is 5.56. The molecule has 2 rings (SSSR count). The van der Waals surface area contributed by atoms with E-state index >= 15 is 0 Å². The number of sulfonamides is 1. The SMILES string of the molecule is O=S(=O)(Nc1ccc(F)cc1F)c1ccc(C(F)(F)F)cc1. The fourth-order valence-corrected chi connectivity index (χ4v) is 2.67. The fraction of sp³-hybridized carbons (Fsp3) is 0.0769. The number of hydrogen-bond acceptors (Lipinski definition) is 2. The summed E-state index contributed by atoms with van der Waals surface area (Å²) in [5, 5.41) is 0. The summed E-state index contributed by atoms with van der Waals surface area (Å²) in [7, 11) is -4.29. The Balaban J connectivity index is 2.31. The van der Waals surface area contributed by atoms with Crippen LogP contribution in [0.1, 0.15) is 5.56 Å². The van der Waals surface area contributed by atoms with Crippen LogP contribution in [0.25, 0.3) is 0 Å². The first kappa shape index (κ1) is 16.2. The molecule has 118 valence electrons. The summed E-state index contributed by atoms with van der Waals surface area (Å²) in [5.41, 5.74) is -1.53. The van der Waals surface area contributed by atoms with Crippen LogP contribution in [0.15, 0.2) is 47.4 Å². The van der Waals surface area contributed by atoms with Gasteiger partial charge in [0.1, 0.15) is 11.6 Å². The van der Waals surface area contributed by atoms with Gasteiger partial charge >= 0.3 is 6.18 Å². The lowest BCUT2D eigenvalue weighted by Crippen LogP contribution is -2.14. The second-order valence-corrected chi connectivity index (χ2v) is 5.93. The Labute approximate surface area is 122 Å². The summed E-state index contributed by atoms with van der Waals surface area (Å²) >= 11 is 0. The highest BCUT2D eigenvalue weighted by atomic mass is 32.2. The van der Waals surface area contributed by atoms with Gasteiger partial charge in [-0.05, 0) is 36.4 Å². The van der Waals surface area contributed by atoms with E-state index in [0.29, 0.717) is 18.2 Å². The zero-order valence-electron chi connectivity index (χ0n) is 10.7. The Kier molecular flexibility index (Phi) is 4.10. The first-order valence-electron chi connectivity index (χ1n) is 5.75. The summed E-state index contributed by atoms with van der Waals surface area (Å²) in [6.45, 7) is 0. The minimum absolute atomic E-state index is 0.477. The molecule has 0 aliphatic heterocycles. The Morgan fingerprint density at radius 2 is 1.50 bits per heavy atom. The molecule has 0 atom stereocenters. The first-order chi connectivity index (χ1) is 10.1. The Morgan fingerprint density at radius 3 is 2.00 bits per heavy atom. The molecule has 0 saturated carbocycles. The van der Waals surface area contributed by atoms with Gasteiger partial charge in [0.15, 0.2) is 0 Å². The zero-order chi connectivity index (χ0) is 16.5. The molecule has 0 spiro atoms. The molecule has 0 aliphatic carbocycles. The van der Waals surface area contributed by atoms with Crippen LogP contribution in [0.2, 0.25) is 0 Å². The van der Waals surface area contributed by atoms with Crippen molar-refractivity contribution < 1.29 is 30.4 Å². The number of halogens is 5. The minimum Gasteiger partial charge on any atom is -0.277 e. The van der Waals surface area contributed by atoms with Crippen LogP contribution < -0.4 is 4.72 Å². The Bertz CT molecular complexity index is 785. The third-order valence-corrected chi connectivity index (χ3v) is 4.05. The molecular weight excluding hydrogens is 329 g/mol. The van der Waals surface area contributed by atoms with Gasteiger partial charge in [0.2, 0.25) is 0 Å². The molecule has 2 aromatic carbocycles. The average molecular weight is 337 g/mol. The average Bonchev–Trinajstić information content (AvgIpc) is 2.41. The molecule has 3 nitrogen and oxygen atoms in total. The molecule has 0 aromatic heterocycles. The normalized spacial score (nSPS) is 12.2. The molecule has 22 heavy (non-hydrogen) atoms. The van der Waals surface area contributed by atoms with Crippen LogP contribution in [0.5, 0.6) is 0 Å². The van der Waals surface area contributed by atoms with Gasteiger partial charge in [-0.1, -0.05) is 0 Å². The van der Waals surface area contributed by atoms with Gasteiger partial charge in [-0.15, -0.1) is 0 Å². The van der Waals surface area contributed by atoms with Crippen molar-refractivity contribution >= 4 is 15.7 Å². The van der Waals surface area contributed by atoms with Crippen molar-refractivity contribution in [3.05, 3.63) is 59.7 Å². The first-order valence-corrected chi connectivity index (χ1v) is 7.23. The maximum Gasteiger partial charge on any atom is 0.416 e. The predicted molar refractivity (Wildman–Crippen MR) is 68.6 cm³/mol. The quantitative estimate of drug-likeness (QED) is 0.867. The highest BCUT2D eigenvalue weighted by Gasteiger charge is 2.30. The topological polar surface area (TPSA) is 46.2 Å². The van der Waals surface area contributed by atoms with Crippen molar-refractivity contribution in [2.45, 2.75) is 11.1 Å². The van der Waals surface area contributed by atoms with Gasteiger partial charge in [-0.2, -0.15) is 13.2 Å². The maximum absolute atomic E-state index is 13.4. The lowest BCUT2D eigenvalue weighted by Gasteiger charge is -2.10. The zero-order valence-corrected chi connectivity index (χ0v) is 11.5. The van der Waals surface area contributed by atoms with Gasteiger partial charge in [0.25, 0.3) is 10.0 Å². The highest BCUT2D eigenvalue weighted by molar-refractivity contribution is 7.92. The number of nitrogens with one attached hydrogen (secondary N) is 1. The predicted octanol–water partition coefficient (Wildman–Crippen LogP) is 3.78. The number of alkyl halides is 3. The highest BCUT2D eigenvalue weighted by Crippen LogP contribution is 2.30. The van der Waals surface area contributed by atoms with E-state index in [1.165, 1.54) is 0 Å². The van der Waals surface area contributed by atoms with Crippen molar-refractivity contribution in [1.82, 2.24) is 0 Å². The largest absolute Gasteiger partial charge is 0.416 e. The van der Waals surface area contributed by atoms with E-state index in [0.717, 1.165) is 24.3 Å². The maximum atomic E-state index is 13.4. The summed E-state index contributed by atoms with van der Waals surface area (Å²) < 4.78 is 89.1. The lowest BCUT2D eigenvalue weighted by molar-refractivity contribution is -0.137. The van der Waals surface area contributed by atoms with E-state index in [2.05, 4.69) is 0 Å². The van der Waals surface area contributed by atoms with E-state index in [-0.39, 0.29) is 0 Å². The third-order valence-electron chi connectivity index (χ3n) is 2.67. The van der Waals surface area contributed by atoms with Gasteiger partial charge in [0.05, 0.1) is 16.1 Å². The number of rotatable bonds is 3. The van der Waals surface area contributed by atoms with E-state index < -0.39 is 44.0 Å². The Morgan fingerprint density at radius 1 is 0.909 bits per heavy atom. The summed E-state index contributed by atoms with van der Waals surface area (Å²) in [6.07, 6.45) is -4.60. The van der Waals surface area contributed by atoms with Crippen LogP contribution in [-0.2, 0) is 16.2 Å². The van der Waals surface area contributed by atoms with Crippen molar-refractivity contribution in [2.75, 3.05) is 4.72 Å². The molecule has 0 fully saturated rings. The van der Waals surface area contributed by atoms with E-state index in [9.17, 15) is 30.4 Å². The smallest absolute Gasteiger partial charge is 0.277 e. The van der Waals surface area contributed by atoms with E-state index in [1.807, 2.05) is 4.72 Å². The molecule has 1 N–H and O–H groups in total. The molecule has 0 amide bonds. The van der Waals surface area contributed by atoms with Gasteiger partial charge in [0, 0.05) is 6.07 Å². The molecule has 0 saturated heterocycles. The van der Waals surface area contributed by atoms with Crippen molar-refractivity contribution in [2.24, 2.45) is 0 Å². The van der Waals surface area contributed by atoms with Crippen molar-refractivity contribution in [3.63, 3.8) is 0 Å². The van der Waals surface area contributed by atoms with Gasteiger partial charge in [-0.25, -0.2) is 17.2 Å². The van der Waals surface area contributed by atoms with Crippen molar-refractivity contribution in [1.29, 1.82) is 0 Å². The molecule has 2 aromatic rings. The molecule has 0 heterocycles. The fourth-order valence-electron chi connectivity index (χ4n) is 1.60. The van der Waals surface area contributed by atoms with Crippen LogP contribution in [0.3, 0.4) is 0 Å². The molecule has 0 aliphatic rings. The standard InChI is InChI=1S/C13H8F5NO2S/c14-9-3-6-12(11(15)7-9)19-22(20,21)10-4-1-8(2-5-10)13(16,17)18/h1-7,19H. The number of anilines is 1. The summed E-state index contributed by atoms with van der Waals surface area (Å²) in [5.74, 6) is -2.04. The molecule has 9 heteroatoms. The van der Waals surface area contributed by atoms with E-state index in [4.69, 9.17) is 0 Å². The van der Waals surface area contributed by atoms with Crippen LogP contribution in [-0.4, -0.2) is 8.42 Å². The molecule has 0 unspecified atom stereocenters. The van der Waals surface area contributed by atoms with Crippen molar-refractivity contribution in [3.8, 4) is 0 Å². The van der Waals surface area contributed by atoms with Gasteiger partial charge in [-0.3, -0.25) is 4.72 Å². The van der Waals surface area contributed by atoms with Crippen LogP contribution >= 0.6 is 0 Å². The second-order valence-electron chi connectivity index (χ2n) is 4.25. The van der Waals surface area contributed by atoms with Crippen LogP contribution in [0, 0.1) is 11.6 Å². The molecule has 0 bridgehead atoms. The Hall–Kier alpha value is -2.16. The monoisotopic (exact) mass is 337 g/mol. The number of hydrogen-bond donors (Lipinski definition) is 1. The number of benzene rings is 2.